The SMILES string of the molecule is CCCC(=O)OCC(COCC(COC(=O)CCC)(COC(=O)CCC)COC(=O)CCC)(COCC(COC(=O)CCC)(COC(=O)CCC)COC(=O)CCC)COC(=O)CCC. The molecule has 0 spiro atoms. The number of rotatable bonds is 40. The molecule has 65 heavy (non-hydrogen) atoms. The van der Waals surface area contributed by atoms with Gasteiger partial charge in [-0.05, 0) is 51.4 Å². The van der Waals surface area contributed by atoms with E-state index in [1.807, 2.05) is 0 Å². The average molecular weight is 933 g/mol. The highest BCUT2D eigenvalue weighted by Crippen LogP contribution is 2.29. The maximum absolute atomic E-state index is 12.9. The van der Waals surface area contributed by atoms with Crippen LogP contribution in [0.1, 0.15) is 158 Å². The van der Waals surface area contributed by atoms with Crippen LogP contribution in [0.4, 0.5) is 0 Å². The molecule has 0 aliphatic rings. The number of hydrogen-bond acceptors (Lipinski definition) is 18. The van der Waals surface area contributed by atoms with Crippen molar-refractivity contribution in [3.8, 4) is 0 Å². The summed E-state index contributed by atoms with van der Waals surface area (Å²) in [5.41, 5.74) is -4.29. The molecule has 0 aliphatic carbocycles. The van der Waals surface area contributed by atoms with Crippen LogP contribution in [0.5, 0.6) is 0 Å². The number of carbonyl (C=O) groups is 8. The van der Waals surface area contributed by atoms with Gasteiger partial charge in [-0.1, -0.05) is 55.4 Å². The summed E-state index contributed by atoms with van der Waals surface area (Å²) < 4.78 is 58.0. The third-order valence-electron chi connectivity index (χ3n) is 9.58. The Balaban J connectivity index is 7.34. The molecule has 18 nitrogen and oxygen atoms in total. The Morgan fingerprint density at radius 3 is 0.477 bits per heavy atom. The summed E-state index contributed by atoms with van der Waals surface area (Å²) in [6.07, 6.45) is 4.71. The molecule has 0 saturated heterocycles. The number of esters is 8. The van der Waals surface area contributed by atoms with Crippen molar-refractivity contribution in [2.24, 2.45) is 16.2 Å². The standard InChI is InChI=1S/C47H80O18/c1-9-17-37(48)58-29-45(30-59-38(49)18-10-2,25-56-27-46(31-60-39(50)19-11-3,32-61-40(51)20-12-4)33-62-41(52)21-13-5)26-57-28-47(34-63-42(53)22-14-6,35-64-43(54)23-15-7)36-65-44(55)24-16-8/h9-36H2,1-8H3. The highest BCUT2D eigenvalue weighted by Gasteiger charge is 2.42. The van der Waals surface area contributed by atoms with Crippen molar-refractivity contribution in [3.63, 3.8) is 0 Å². The van der Waals surface area contributed by atoms with Gasteiger partial charge >= 0.3 is 47.8 Å². The Labute approximate surface area is 386 Å². The summed E-state index contributed by atoms with van der Waals surface area (Å²) in [5.74, 6) is -4.30. The van der Waals surface area contributed by atoms with E-state index in [4.69, 9.17) is 47.4 Å². The van der Waals surface area contributed by atoms with Crippen LogP contribution in [0.3, 0.4) is 0 Å². The maximum Gasteiger partial charge on any atom is 0.305 e. The van der Waals surface area contributed by atoms with E-state index in [0.717, 1.165) is 0 Å². The van der Waals surface area contributed by atoms with E-state index >= 15 is 0 Å². The Morgan fingerprint density at radius 2 is 0.354 bits per heavy atom. The lowest BCUT2D eigenvalue weighted by molar-refractivity contribution is -0.177. The molecule has 376 valence electrons. The monoisotopic (exact) mass is 933 g/mol. The third kappa shape index (κ3) is 28.4. The van der Waals surface area contributed by atoms with Gasteiger partial charge in [0, 0.05) is 51.4 Å². The Morgan fingerprint density at radius 1 is 0.231 bits per heavy atom. The molecule has 0 N–H and O–H groups in total. The number of ether oxygens (including phenoxy) is 10. The molecule has 0 radical (unpaired) electrons. The second kappa shape index (κ2) is 35.9. The number of carbonyl (C=O) groups excluding carboxylic acids is 8. The molecular weight excluding hydrogens is 852 g/mol. The minimum Gasteiger partial charge on any atom is -0.465 e. The van der Waals surface area contributed by atoms with E-state index in [2.05, 4.69) is 0 Å². The average Bonchev–Trinajstić information content (AvgIpc) is 3.26. The summed E-state index contributed by atoms with van der Waals surface area (Å²) in [7, 11) is 0. The van der Waals surface area contributed by atoms with Crippen LogP contribution in [0, 0.1) is 16.2 Å². The van der Waals surface area contributed by atoms with E-state index in [-0.39, 0.29) is 117 Å². The van der Waals surface area contributed by atoms with Gasteiger partial charge in [-0.2, -0.15) is 0 Å². The first-order chi connectivity index (χ1) is 31.1. The Hall–Kier alpha value is -4.32. The highest BCUT2D eigenvalue weighted by atomic mass is 16.6. The van der Waals surface area contributed by atoms with Gasteiger partial charge in [0.25, 0.3) is 0 Å². The molecule has 0 aromatic carbocycles. The van der Waals surface area contributed by atoms with Crippen LogP contribution in [-0.2, 0) is 85.7 Å². The van der Waals surface area contributed by atoms with Crippen molar-refractivity contribution in [2.45, 2.75) is 158 Å². The maximum atomic E-state index is 12.9. The lowest BCUT2D eigenvalue weighted by Crippen LogP contribution is -2.48. The fourth-order valence-corrected chi connectivity index (χ4v) is 5.80. The molecule has 0 heterocycles. The van der Waals surface area contributed by atoms with Crippen molar-refractivity contribution < 1.29 is 85.7 Å². The predicted molar refractivity (Wildman–Crippen MR) is 236 cm³/mol. The molecule has 0 unspecified atom stereocenters. The van der Waals surface area contributed by atoms with Crippen LogP contribution in [0.2, 0.25) is 0 Å². The molecule has 0 aromatic rings. The summed E-state index contributed by atoms with van der Waals surface area (Å²) in [6, 6.07) is 0. The topological polar surface area (TPSA) is 229 Å². The predicted octanol–water partition coefficient (Wildman–Crippen LogP) is 6.73. The largest absolute Gasteiger partial charge is 0.465 e. The lowest BCUT2D eigenvalue weighted by Gasteiger charge is -2.37. The molecule has 0 rings (SSSR count). The highest BCUT2D eigenvalue weighted by molar-refractivity contribution is 5.72. The molecule has 0 amide bonds. The lowest BCUT2D eigenvalue weighted by atomic mass is 9.89. The third-order valence-corrected chi connectivity index (χ3v) is 9.58. The molecule has 0 bridgehead atoms. The zero-order valence-corrected chi connectivity index (χ0v) is 40.6. The van der Waals surface area contributed by atoms with Gasteiger partial charge in [-0.25, -0.2) is 0 Å². The molecule has 0 atom stereocenters. The van der Waals surface area contributed by atoms with Gasteiger partial charge in [-0.15, -0.1) is 0 Å². The summed E-state index contributed by atoms with van der Waals surface area (Å²) in [5, 5.41) is 0. The molecule has 0 aromatic heterocycles. The van der Waals surface area contributed by atoms with Crippen molar-refractivity contribution >= 4 is 47.8 Å². The zero-order valence-electron chi connectivity index (χ0n) is 40.6. The smallest absolute Gasteiger partial charge is 0.305 e. The second-order valence-corrected chi connectivity index (χ2v) is 16.8. The fraction of sp³-hybridized carbons (Fsp3) is 0.830. The number of hydrogen-bond donors (Lipinski definition) is 0. The second-order valence-electron chi connectivity index (χ2n) is 16.8. The van der Waals surface area contributed by atoms with E-state index in [0.29, 0.717) is 51.4 Å². The van der Waals surface area contributed by atoms with Gasteiger partial charge in [-0.3, -0.25) is 38.4 Å². The van der Waals surface area contributed by atoms with Crippen LogP contribution >= 0.6 is 0 Å². The molecule has 0 fully saturated rings. The van der Waals surface area contributed by atoms with E-state index in [1.165, 1.54) is 0 Å². The summed E-state index contributed by atoms with van der Waals surface area (Å²) in [6.45, 7) is 10.1. The first-order valence-electron chi connectivity index (χ1n) is 23.5. The van der Waals surface area contributed by atoms with Crippen molar-refractivity contribution in [1.82, 2.24) is 0 Å². The van der Waals surface area contributed by atoms with Gasteiger partial charge in [0.05, 0.1) is 42.7 Å². The van der Waals surface area contributed by atoms with Crippen molar-refractivity contribution in [3.05, 3.63) is 0 Å². The Bertz CT molecular complexity index is 1200. The molecular formula is C47H80O18. The van der Waals surface area contributed by atoms with Crippen LogP contribution in [0.15, 0.2) is 0 Å². The summed E-state index contributed by atoms with van der Waals surface area (Å²) in [4.78, 5) is 102. The minimum atomic E-state index is -1.46. The van der Waals surface area contributed by atoms with Gasteiger partial charge in [0.1, 0.15) is 52.9 Å². The van der Waals surface area contributed by atoms with Crippen LogP contribution < -0.4 is 0 Å². The van der Waals surface area contributed by atoms with Crippen molar-refractivity contribution in [1.29, 1.82) is 0 Å². The van der Waals surface area contributed by atoms with E-state index in [1.54, 1.807) is 55.4 Å². The first kappa shape index (κ1) is 60.7. The molecule has 0 saturated carbocycles. The first-order valence-corrected chi connectivity index (χ1v) is 23.5. The molecule has 18 heteroatoms. The van der Waals surface area contributed by atoms with E-state index < -0.39 is 77.2 Å². The fourth-order valence-electron chi connectivity index (χ4n) is 5.80. The van der Waals surface area contributed by atoms with Gasteiger partial charge in [0.15, 0.2) is 0 Å². The summed E-state index contributed by atoms with van der Waals surface area (Å²) >= 11 is 0. The molecule has 0 aliphatic heterocycles. The zero-order chi connectivity index (χ0) is 49.0. The normalized spacial score (nSPS) is 11.6. The van der Waals surface area contributed by atoms with Crippen LogP contribution in [0.25, 0.3) is 0 Å². The van der Waals surface area contributed by atoms with Gasteiger partial charge in [0.2, 0.25) is 0 Å². The quantitative estimate of drug-likeness (QED) is 0.0458. The van der Waals surface area contributed by atoms with Crippen LogP contribution in [-0.4, -0.2) is 127 Å². The Kier molecular flexibility index (Phi) is 33.5. The van der Waals surface area contributed by atoms with Crippen molar-refractivity contribution in [2.75, 3.05) is 79.3 Å². The minimum absolute atomic E-state index is 0.0738. The van der Waals surface area contributed by atoms with E-state index in [9.17, 15) is 38.4 Å². The van der Waals surface area contributed by atoms with Gasteiger partial charge < -0.3 is 47.4 Å².